The van der Waals surface area contributed by atoms with Crippen LogP contribution in [0.15, 0.2) is 52.3 Å². The number of fused-ring (bicyclic) bond motifs is 1. The Balaban J connectivity index is 1.58. The van der Waals surface area contributed by atoms with Crippen molar-refractivity contribution in [2.24, 2.45) is 7.05 Å². The Kier molecular flexibility index (Phi) is 7.39. The number of pyridine rings is 1. The molecule has 3 aromatic heterocycles. The van der Waals surface area contributed by atoms with E-state index in [9.17, 15) is 14.4 Å². The molecule has 0 spiro atoms. The number of aromatic nitrogens is 5. The maximum atomic E-state index is 12.9. The van der Waals surface area contributed by atoms with E-state index in [1.165, 1.54) is 22.4 Å². The molecule has 190 valence electrons. The maximum absolute atomic E-state index is 12.9. The van der Waals surface area contributed by atoms with Gasteiger partial charge in [-0.3, -0.25) is 23.7 Å². The van der Waals surface area contributed by atoms with Gasteiger partial charge in [0, 0.05) is 31.9 Å². The second kappa shape index (κ2) is 10.8. The van der Waals surface area contributed by atoms with Gasteiger partial charge in [-0.05, 0) is 50.1 Å². The number of amides is 1. The Hall–Kier alpha value is -4.85. The van der Waals surface area contributed by atoms with Crippen molar-refractivity contribution < 1.29 is 14.3 Å². The second-order valence-electron chi connectivity index (χ2n) is 7.94. The summed E-state index contributed by atoms with van der Waals surface area (Å²) in [6.07, 6.45) is 3.15. The van der Waals surface area contributed by atoms with Crippen LogP contribution in [0.2, 0.25) is 0 Å². The van der Waals surface area contributed by atoms with Gasteiger partial charge in [0.2, 0.25) is 0 Å². The van der Waals surface area contributed by atoms with Crippen molar-refractivity contribution in [2.45, 2.75) is 26.9 Å². The molecule has 1 N–H and O–H groups in total. The molecular weight excluding hydrogens is 476 g/mol. The third-order valence-electron chi connectivity index (χ3n) is 5.66. The van der Waals surface area contributed by atoms with Gasteiger partial charge in [-0.1, -0.05) is 5.92 Å². The van der Waals surface area contributed by atoms with Crippen LogP contribution in [0.4, 0.5) is 5.69 Å². The van der Waals surface area contributed by atoms with Gasteiger partial charge in [-0.25, -0.2) is 9.78 Å². The summed E-state index contributed by atoms with van der Waals surface area (Å²) in [6, 6.07) is 8.50. The number of ether oxygens (including phenoxy) is 2. The zero-order valence-corrected chi connectivity index (χ0v) is 20.9. The molecule has 4 rings (SSSR count). The van der Waals surface area contributed by atoms with E-state index in [1.54, 1.807) is 55.1 Å². The van der Waals surface area contributed by atoms with Crippen LogP contribution >= 0.6 is 0 Å². The molecule has 0 aliphatic heterocycles. The van der Waals surface area contributed by atoms with E-state index in [0.29, 0.717) is 46.3 Å². The Labute approximate surface area is 212 Å². The monoisotopic (exact) mass is 502 g/mol. The highest BCUT2D eigenvalue weighted by molar-refractivity contribution is 5.91. The lowest BCUT2D eigenvalue weighted by atomic mass is 10.2. The van der Waals surface area contributed by atoms with Gasteiger partial charge in [0.1, 0.15) is 0 Å². The fraction of sp³-hybridized carbons (Fsp3) is 0.269. The van der Waals surface area contributed by atoms with E-state index in [4.69, 9.17) is 9.47 Å². The van der Waals surface area contributed by atoms with Crippen molar-refractivity contribution in [2.75, 3.05) is 19.0 Å². The zero-order chi connectivity index (χ0) is 26.5. The first-order chi connectivity index (χ1) is 17.9. The number of hydrogen-bond acceptors (Lipinski definition) is 7. The van der Waals surface area contributed by atoms with Gasteiger partial charge in [-0.2, -0.15) is 0 Å². The average Bonchev–Trinajstić information content (AvgIpc) is 3.23. The third-order valence-corrected chi connectivity index (χ3v) is 5.66. The van der Waals surface area contributed by atoms with Crippen molar-refractivity contribution >= 4 is 22.8 Å². The highest BCUT2D eigenvalue weighted by atomic mass is 16.5. The van der Waals surface area contributed by atoms with Gasteiger partial charge >= 0.3 is 5.69 Å². The third kappa shape index (κ3) is 5.08. The molecule has 0 aliphatic rings. The van der Waals surface area contributed by atoms with Crippen LogP contribution in [0.1, 0.15) is 25.2 Å². The highest BCUT2D eigenvalue weighted by Crippen LogP contribution is 2.28. The lowest BCUT2D eigenvalue weighted by Gasteiger charge is -2.11. The molecule has 11 heteroatoms. The number of methoxy groups -OCH3 is 1. The summed E-state index contributed by atoms with van der Waals surface area (Å²) >= 11 is 0. The number of aryl methyl sites for hydroxylation is 2. The number of hydrogen-bond donors (Lipinski definition) is 1. The second-order valence-corrected chi connectivity index (χ2v) is 7.94. The maximum Gasteiger partial charge on any atom is 0.332 e. The number of carbonyl (C=O) groups excluding carboxylic acids is 1. The van der Waals surface area contributed by atoms with E-state index in [0.717, 1.165) is 0 Å². The molecule has 11 nitrogen and oxygen atoms in total. The van der Waals surface area contributed by atoms with E-state index in [1.807, 2.05) is 6.92 Å². The Morgan fingerprint density at radius 2 is 1.86 bits per heavy atom. The summed E-state index contributed by atoms with van der Waals surface area (Å²) in [7, 11) is 3.18. The summed E-state index contributed by atoms with van der Waals surface area (Å²) < 4.78 is 15.3. The fourth-order valence-electron chi connectivity index (χ4n) is 3.81. The molecule has 1 aromatic carbocycles. The molecule has 0 radical (unpaired) electrons. The molecule has 0 saturated carbocycles. The van der Waals surface area contributed by atoms with Gasteiger partial charge in [0.25, 0.3) is 11.5 Å². The van der Waals surface area contributed by atoms with Gasteiger partial charge in [-0.15, -0.1) is 0 Å². The molecule has 0 atom stereocenters. The molecule has 0 unspecified atom stereocenters. The smallest absolute Gasteiger partial charge is 0.332 e. The Morgan fingerprint density at radius 1 is 1.08 bits per heavy atom. The van der Waals surface area contributed by atoms with E-state index in [2.05, 4.69) is 27.1 Å². The number of anilines is 1. The first-order valence-corrected chi connectivity index (χ1v) is 11.6. The van der Waals surface area contributed by atoms with Crippen LogP contribution in [0.5, 0.6) is 11.5 Å². The Bertz CT molecular complexity index is 1640. The summed E-state index contributed by atoms with van der Waals surface area (Å²) in [6.45, 7) is 3.99. The topological polar surface area (TPSA) is 122 Å². The van der Waals surface area contributed by atoms with E-state index in [-0.39, 0.29) is 19.1 Å². The minimum atomic E-state index is -0.397. The molecule has 0 fully saturated rings. The summed E-state index contributed by atoms with van der Waals surface area (Å²) in [5.74, 6) is 6.77. The predicted molar refractivity (Wildman–Crippen MR) is 138 cm³/mol. The van der Waals surface area contributed by atoms with E-state index >= 15 is 0 Å². The minimum absolute atomic E-state index is 0.218. The molecule has 4 aromatic rings. The standard InChI is InChI=1S/C26H26N6O5/c1-5-31-24-23(25(34)32(6-2)26(31)35)30(3)21(29-24)12-10-17-9-11-19(20(14-17)36-4)37-16-22(33)28-18-8-7-13-27-15-18/h7-9,11,13-15H,5-6,16H2,1-4H3,(H,28,33). The lowest BCUT2D eigenvalue weighted by Crippen LogP contribution is -2.39. The molecular formula is C26H26N6O5. The highest BCUT2D eigenvalue weighted by Gasteiger charge is 2.18. The number of nitrogens with one attached hydrogen (secondary N) is 1. The number of carbonyl (C=O) groups is 1. The van der Waals surface area contributed by atoms with Crippen LogP contribution in [0, 0.1) is 11.8 Å². The van der Waals surface area contributed by atoms with Crippen LogP contribution < -0.4 is 26.0 Å². The average molecular weight is 503 g/mol. The lowest BCUT2D eigenvalue weighted by molar-refractivity contribution is -0.118. The molecule has 37 heavy (non-hydrogen) atoms. The van der Waals surface area contributed by atoms with Crippen molar-refractivity contribution in [3.63, 3.8) is 0 Å². The largest absolute Gasteiger partial charge is 0.493 e. The first-order valence-electron chi connectivity index (χ1n) is 11.6. The SMILES string of the molecule is CCn1c(=O)c2c(nc(C#Cc3ccc(OCC(=O)Nc4cccnc4)c(OC)c3)n2C)n(CC)c1=O. The normalized spacial score (nSPS) is 10.6. The summed E-state index contributed by atoms with van der Waals surface area (Å²) in [4.78, 5) is 46.1. The van der Waals surface area contributed by atoms with Crippen LogP contribution in [-0.2, 0) is 24.9 Å². The molecule has 0 bridgehead atoms. The van der Waals surface area contributed by atoms with Crippen LogP contribution in [-0.4, -0.2) is 43.3 Å². The quantitative estimate of drug-likeness (QED) is 0.382. The van der Waals surface area contributed by atoms with E-state index < -0.39 is 11.2 Å². The van der Waals surface area contributed by atoms with Crippen molar-refractivity contribution in [3.05, 3.63) is 75.0 Å². The van der Waals surface area contributed by atoms with Crippen LogP contribution in [0.25, 0.3) is 11.2 Å². The Morgan fingerprint density at radius 3 is 2.54 bits per heavy atom. The summed E-state index contributed by atoms with van der Waals surface area (Å²) in [5.41, 5.74) is 1.01. The van der Waals surface area contributed by atoms with Gasteiger partial charge in [0.15, 0.2) is 35.1 Å². The number of benzene rings is 1. The van der Waals surface area contributed by atoms with Crippen molar-refractivity contribution in [1.82, 2.24) is 23.7 Å². The molecule has 0 saturated heterocycles. The fourth-order valence-corrected chi connectivity index (χ4v) is 3.81. The first kappa shape index (κ1) is 25.2. The minimum Gasteiger partial charge on any atom is -0.493 e. The van der Waals surface area contributed by atoms with Crippen LogP contribution in [0.3, 0.4) is 0 Å². The van der Waals surface area contributed by atoms with Crippen molar-refractivity contribution in [3.8, 4) is 23.3 Å². The van der Waals surface area contributed by atoms with Crippen molar-refractivity contribution in [1.29, 1.82) is 0 Å². The number of imidazole rings is 1. The number of rotatable bonds is 7. The zero-order valence-electron chi connectivity index (χ0n) is 20.9. The van der Waals surface area contributed by atoms with Gasteiger partial charge < -0.3 is 19.4 Å². The predicted octanol–water partition coefficient (Wildman–Crippen LogP) is 1.76. The molecule has 0 aliphatic carbocycles. The molecule has 3 heterocycles. The summed E-state index contributed by atoms with van der Waals surface area (Å²) in [5, 5.41) is 2.69. The number of nitrogens with zero attached hydrogens (tertiary/aromatic N) is 5. The van der Waals surface area contributed by atoms with Gasteiger partial charge in [0.05, 0.1) is 19.0 Å². The molecule has 1 amide bonds.